The molecule has 1 amide bonds. The molecule has 2 aromatic rings. The summed E-state index contributed by atoms with van der Waals surface area (Å²) in [4.78, 5) is 12.1. The number of carbonyl (C=O) groups excluding carboxylic acids is 1. The zero-order valence-electron chi connectivity index (χ0n) is 11.5. The van der Waals surface area contributed by atoms with Crippen LogP contribution in [-0.2, 0) is 11.3 Å². The number of H-pyrrole nitrogens is 1. The molecule has 0 spiro atoms. The van der Waals surface area contributed by atoms with Crippen LogP contribution in [0.2, 0.25) is 10.0 Å². The van der Waals surface area contributed by atoms with E-state index in [4.69, 9.17) is 23.2 Å². The van der Waals surface area contributed by atoms with E-state index >= 15 is 0 Å². The topological polar surface area (TPSA) is 57.8 Å². The number of benzene rings is 1. The Labute approximate surface area is 132 Å². The van der Waals surface area contributed by atoms with E-state index in [-0.39, 0.29) is 17.7 Å². The molecule has 0 unspecified atom stereocenters. The van der Waals surface area contributed by atoms with Gasteiger partial charge in [-0.1, -0.05) is 29.3 Å². The van der Waals surface area contributed by atoms with Gasteiger partial charge in [0.25, 0.3) is 0 Å². The van der Waals surface area contributed by atoms with Crippen LogP contribution in [0.4, 0.5) is 0 Å². The average Bonchev–Trinajstić information content (AvgIpc) is 3.16. The molecule has 0 bridgehead atoms. The third-order valence-corrected chi connectivity index (χ3v) is 4.63. The molecular weight excluding hydrogens is 309 g/mol. The molecule has 1 heterocycles. The highest BCUT2D eigenvalue weighted by molar-refractivity contribution is 6.42. The van der Waals surface area contributed by atoms with E-state index in [0.717, 1.165) is 23.2 Å². The van der Waals surface area contributed by atoms with Gasteiger partial charge in [-0.2, -0.15) is 5.10 Å². The van der Waals surface area contributed by atoms with Crippen molar-refractivity contribution in [3.05, 3.63) is 51.3 Å². The van der Waals surface area contributed by atoms with Crippen LogP contribution < -0.4 is 5.32 Å². The van der Waals surface area contributed by atoms with Crippen molar-refractivity contribution in [2.75, 3.05) is 0 Å². The third-order valence-electron chi connectivity index (χ3n) is 3.89. The number of nitrogens with zero attached hydrogens (tertiary/aromatic N) is 1. The third kappa shape index (κ3) is 3.06. The zero-order valence-corrected chi connectivity index (χ0v) is 13.0. The smallest absolute Gasteiger partial charge is 0.224 e. The minimum Gasteiger partial charge on any atom is -0.352 e. The lowest BCUT2D eigenvalue weighted by atomic mass is 10.1. The van der Waals surface area contributed by atoms with Gasteiger partial charge in [-0.05, 0) is 37.0 Å². The predicted molar refractivity (Wildman–Crippen MR) is 82.5 cm³/mol. The molecule has 2 atom stereocenters. The summed E-state index contributed by atoms with van der Waals surface area (Å²) in [5, 5.41) is 10.8. The second kappa shape index (κ2) is 5.70. The summed E-state index contributed by atoms with van der Waals surface area (Å²) >= 11 is 11.9. The standard InChI is InChI=1S/C15H15Cl2N3O/c1-8-10(7-19-20-8)6-18-15(21)12-5-11(12)9-2-3-13(16)14(17)4-9/h2-4,7,11-12H,5-6H2,1H3,(H,18,21)(H,19,20)/t11-,12+/m0/s1. The van der Waals surface area contributed by atoms with E-state index in [0.29, 0.717) is 16.6 Å². The van der Waals surface area contributed by atoms with Gasteiger partial charge in [0, 0.05) is 23.7 Å². The Hall–Kier alpha value is -1.52. The van der Waals surface area contributed by atoms with Gasteiger partial charge >= 0.3 is 0 Å². The molecule has 1 aromatic carbocycles. The highest BCUT2D eigenvalue weighted by Gasteiger charge is 2.43. The summed E-state index contributed by atoms with van der Waals surface area (Å²) in [7, 11) is 0. The SMILES string of the molecule is Cc1[nH]ncc1CNC(=O)[C@@H]1C[C@H]1c1ccc(Cl)c(Cl)c1. The number of nitrogens with one attached hydrogen (secondary N) is 2. The van der Waals surface area contributed by atoms with Gasteiger partial charge in [0.2, 0.25) is 5.91 Å². The summed E-state index contributed by atoms with van der Waals surface area (Å²) < 4.78 is 0. The molecule has 1 fully saturated rings. The van der Waals surface area contributed by atoms with Crippen molar-refractivity contribution in [1.82, 2.24) is 15.5 Å². The number of amides is 1. The second-order valence-corrected chi connectivity index (χ2v) is 6.17. The van der Waals surface area contributed by atoms with Crippen LogP contribution in [0.15, 0.2) is 24.4 Å². The minimum atomic E-state index is 0.0226. The van der Waals surface area contributed by atoms with Crippen LogP contribution in [0.25, 0.3) is 0 Å². The number of halogens is 2. The van der Waals surface area contributed by atoms with Gasteiger partial charge in [-0.3, -0.25) is 9.89 Å². The molecule has 110 valence electrons. The van der Waals surface area contributed by atoms with Crippen molar-refractivity contribution < 1.29 is 4.79 Å². The Morgan fingerprint density at radius 3 is 2.90 bits per heavy atom. The molecule has 1 aliphatic carbocycles. The first-order chi connectivity index (χ1) is 10.1. The van der Waals surface area contributed by atoms with Gasteiger partial charge in [0.05, 0.1) is 16.2 Å². The Balaban J connectivity index is 1.58. The Bertz CT molecular complexity index is 683. The maximum absolute atomic E-state index is 12.1. The Morgan fingerprint density at radius 1 is 1.43 bits per heavy atom. The van der Waals surface area contributed by atoms with E-state index in [9.17, 15) is 4.79 Å². The van der Waals surface area contributed by atoms with E-state index in [1.807, 2.05) is 19.1 Å². The lowest BCUT2D eigenvalue weighted by molar-refractivity contribution is -0.122. The Kier molecular flexibility index (Phi) is 3.91. The number of hydrogen-bond donors (Lipinski definition) is 2. The number of hydrogen-bond acceptors (Lipinski definition) is 2. The van der Waals surface area contributed by atoms with Gasteiger partial charge in [-0.15, -0.1) is 0 Å². The van der Waals surface area contributed by atoms with Crippen molar-refractivity contribution >= 4 is 29.1 Å². The number of aromatic amines is 1. The largest absolute Gasteiger partial charge is 0.352 e. The van der Waals surface area contributed by atoms with Crippen molar-refractivity contribution in [1.29, 1.82) is 0 Å². The van der Waals surface area contributed by atoms with Gasteiger partial charge in [0.15, 0.2) is 0 Å². The predicted octanol–water partition coefficient (Wildman–Crippen LogP) is 3.44. The van der Waals surface area contributed by atoms with Gasteiger partial charge in [0.1, 0.15) is 0 Å². The second-order valence-electron chi connectivity index (χ2n) is 5.36. The van der Waals surface area contributed by atoms with Crippen LogP contribution >= 0.6 is 23.2 Å². The lowest BCUT2D eigenvalue weighted by Crippen LogP contribution is -2.25. The van der Waals surface area contributed by atoms with Gasteiger partial charge < -0.3 is 5.32 Å². The summed E-state index contributed by atoms with van der Waals surface area (Å²) in [6.07, 6.45) is 2.59. The fourth-order valence-electron chi connectivity index (χ4n) is 2.46. The highest BCUT2D eigenvalue weighted by Crippen LogP contribution is 2.48. The van der Waals surface area contributed by atoms with Crippen molar-refractivity contribution in [3.63, 3.8) is 0 Å². The van der Waals surface area contributed by atoms with E-state index < -0.39 is 0 Å². The fourth-order valence-corrected chi connectivity index (χ4v) is 2.77. The maximum Gasteiger partial charge on any atom is 0.224 e. The van der Waals surface area contributed by atoms with Crippen LogP contribution in [0.5, 0.6) is 0 Å². The molecule has 1 aromatic heterocycles. The van der Waals surface area contributed by atoms with E-state index in [2.05, 4.69) is 15.5 Å². The van der Waals surface area contributed by atoms with Crippen molar-refractivity contribution in [2.24, 2.45) is 5.92 Å². The number of aryl methyl sites for hydroxylation is 1. The normalized spacial score (nSPS) is 20.3. The van der Waals surface area contributed by atoms with Crippen LogP contribution in [0.3, 0.4) is 0 Å². The van der Waals surface area contributed by atoms with Crippen LogP contribution in [0, 0.1) is 12.8 Å². The first kappa shape index (κ1) is 14.4. The van der Waals surface area contributed by atoms with Crippen LogP contribution in [-0.4, -0.2) is 16.1 Å². The molecule has 1 aliphatic rings. The first-order valence-corrected chi connectivity index (χ1v) is 7.53. The van der Waals surface area contributed by atoms with Crippen LogP contribution in [0.1, 0.15) is 29.2 Å². The summed E-state index contributed by atoms with van der Waals surface area (Å²) in [5.41, 5.74) is 3.06. The molecule has 21 heavy (non-hydrogen) atoms. The highest BCUT2D eigenvalue weighted by atomic mass is 35.5. The molecule has 1 saturated carbocycles. The van der Waals surface area contributed by atoms with Crippen molar-refractivity contribution in [3.8, 4) is 0 Å². The summed E-state index contributed by atoms with van der Waals surface area (Å²) in [6, 6.07) is 5.57. The van der Waals surface area contributed by atoms with E-state index in [1.54, 1.807) is 12.3 Å². The molecule has 0 aliphatic heterocycles. The molecule has 6 heteroatoms. The lowest BCUT2D eigenvalue weighted by Gasteiger charge is -2.05. The summed E-state index contributed by atoms with van der Waals surface area (Å²) in [5.74, 6) is 0.339. The molecule has 0 radical (unpaired) electrons. The quantitative estimate of drug-likeness (QED) is 0.905. The average molecular weight is 324 g/mol. The minimum absolute atomic E-state index is 0.0226. The zero-order chi connectivity index (χ0) is 15.0. The molecule has 3 rings (SSSR count). The number of aromatic nitrogens is 2. The molecule has 4 nitrogen and oxygen atoms in total. The van der Waals surface area contributed by atoms with E-state index in [1.165, 1.54) is 0 Å². The Morgan fingerprint density at radius 2 is 2.24 bits per heavy atom. The summed E-state index contributed by atoms with van der Waals surface area (Å²) in [6.45, 7) is 2.44. The number of rotatable bonds is 4. The van der Waals surface area contributed by atoms with Crippen molar-refractivity contribution in [2.45, 2.75) is 25.8 Å². The molecular formula is C15H15Cl2N3O. The number of carbonyl (C=O) groups is 1. The monoisotopic (exact) mass is 323 g/mol. The molecule has 0 saturated heterocycles. The van der Waals surface area contributed by atoms with Gasteiger partial charge in [-0.25, -0.2) is 0 Å². The fraction of sp³-hybridized carbons (Fsp3) is 0.333. The first-order valence-electron chi connectivity index (χ1n) is 6.77. The maximum atomic E-state index is 12.1. The molecule has 2 N–H and O–H groups in total.